The van der Waals surface area contributed by atoms with Crippen LogP contribution >= 0.6 is 0 Å². The molecule has 2 aromatic carbocycles. The van der Waals surface area contributed by atoms with Gasteiger partial charge >= 0.3 is 0 Å². The molecule has 1 aliphatic rings. The summed E-state index contributed by atoms with van der Waals surface area (Å²) in [5.41, 5.74) is 2.67. The van der Waals surface area contributed by atoms with Crippen molar-refractivity contribution in [3.8, 4) is 11.5 Å². The number of hydrogen-bond acceptors (Lipinski definition) is 5. The van der Waals surface area contributed by atoms with Crippen molar-refractivity contribution >= 4 is 5.91 Å². The number of likely N-dealkylation sites (tertiary alicyclic amines) is 1. The molecule has 4 rings (SSSR count). The van der Waals surface area contributed by atoms with Crippen LogP contribution in [-0.4, -0.2) is 43.1 Å². The topological polar surface area (TPSA) is 63.7 Å². The van der Waals surface area contributed by atoms with Gasteiger partial charge in [-0.1, -0.05) is 30.3 Å². The number of para-hydroxylation sites is 1. The quantitative estimate of drug-likeness (QED) is 0.554. The van der Waals surface area contributed by atoms with Gasteiger partial charge in [-0.05, 0) is 67.3 Å². The summed E-state index contributed by atoms with van der Waals surface area (Å²) in [5, 5.41) is 3.27. The van der Waals surface area contributed by atoms with Crippen LogP contribution in [0, 0.1) is 5.92 Å². The molecule has 0 unspecified atom stereocenters. The van der Waals surface area contributed by atoms with Crippen molar-refractivity contribution in [2.24, 2.45) is 5.92 Å². The summed E-state index contributed by atoms with van der Waals surface area (Å²) < 4.78 is 10.7. The highest BCUT2D eigenvalue weighted by Gasteiger charge is 2.31. The summed E-state index contributed by atoms with van der Waals surface area (Å²) in [6.45, 7) is 2.80. The Hall–Kier alpha value is -3.38. The molecule has 0 aliphatic carbocycles. The van der Waals surface area contributed by atoms with Crippen molar-refractivity contribution in [1.29, 1.82) is 0 Å². The lowest BCUT2D eigenvalue weighted by molar-refractivity contribution is 0.0872. The first kappa shape index (κ1) is 22.8. The normalized spacial score (nSPS) is 17.2. The van der Waals surface area contributed by atoms with Crippen molar-refractivity contribution < 1.29 is 14.3 Å². The van der Waals surface area contributed by atoms with Gasteiger partial charge in [0.05, 0.1) is 31.5 Å². The number of piperidine rings is 1. The SMILES string of the molecule is COc1ccc(CN2CCC[C@@H]([C@@H](NC(=O)c3ccccc3OC)c3ccccn3)C2)cc1. The number of rotatable bonds is 8. The van der Waals surface area contributed by atoms with E-state index in [1.165, 1.54) is 5.56 Å². The third-order valence-corrected chi connectivity index (χ3v) is 6.22. The maximum absolute atomic E-state index is 13.2. The lowest BCUT2D eigenvalue weighted by Gasteiger charge is -2.37. The highest BCUT2D eigenvalue weighted by atomic mass is 16.5. The van der Waals surface area contributed by atoms with E-state index in [0.717, 1.165) is 43.9 Å². The summed E-state index contributed by atoms with van der Waals surface area (Å²) in [5.74, 6) is 1.55. The van der Waals surface area contributed by atoms with Gasteiger partial charge in [-0.3, -0.25) is 14.7 Å². The van der Waals surface area contributed by atoms with Gasteiger partial charge in [0.25, 0.3) is 5.91 Å². The number of nitrogens with one attached hydrogen (secondary N) is 1. The summed E-state index contributed by atoms with van der Waals surface area (Å²) in [6.07, 6.45) is 3.90. The van der Waals surface area contributed by atoms with E-state index in [4.69, 9.17) is 9.47 Å². The van der Waals surface area contributed by atoms with Gasteiger partial charge in [-0.15, -0.1) is 0 Å². The van der Waals surface area contributed by atoms with E-state index in [0.29, 0.717) is 11.3 Å². The zero-order valence-electron chi connectivity index (χ0n) is 19.2. The Balaban J connectivity index is 1.52. The van der Waals surface area contributed by atoms with Gasteiger partial charge in [0.15, 0.2) is 0 Å². The zero-order chi connectivity index (χ0) is 23.0. The molecule has 0 saturated carbocycles. The molecule has 172 valence electrons. The van der Waals surface area contributed by atoms with Crippen LogP contribution in [0.15, 0.2) is 72.9 Å². The minimum atomic E-state index is -0.178. The molecule has 1 aliphatic heterocycles. The first-order chi connectivity index (χ1) is 16.2. The van der Waals surface area contributed by atoms with Gasteiger partial charge in [0, 0.05) is 19.3 Å². The Morgan fingerprint density at radius 1 is 1.06 bits per heavy atom. The molecule has 3 aromatic rings. The fourth-order valence-electron chi connectivity index (χ4n) is 4.54. The highest BCUT2D eigenvalue weighted by Crippen LogP contribution is 2.31. The van der Waals surface area contributed by atoms with Crippen molar-refractivity contribution in [3.63, 3.8) is 0 Å². The van der Waals surface area contributed by atoms with E-state index in [9.17, 15) is 4.79 Å². The molecular weight excluding hydrogens is 414 g/mol. The number of carbonyl (C=O) groups excluding carboxylic acids is 1. The Bertz CT molecular complexity index is 1040. The second kappa shape index (κ2) is 11.0. The zero-order valence-corrected chi connectivity index (χ0v) is 19.2. The van der Waals surface area contributed by atoms with E-state index >= 15 is 0 Å². The molecule has 6 heteroatoms. The van der Waals surface area contributed by atoms with Gasteiger partial charge < -0.3 is 14.8 Å². The lowest BCUT2D eigenvalue weighted by Crippen LogP contribution is -2.43. The number of benzene rings is 2. The van der Waals surface area contributed by atoms with Crippen LogP contribution < -0.4 is 14.8 Å². The van der Waals surface area contributed by atoms with Crippen LogP contribution in [0.25, 0.3) is 0 Å². The number of amides is 1. The second-order valence-corrected chi connectivity index (χ2v) is 8.39. The number of pyridine rings is 1. The number of carbonyl (C=O) groups is 1. The first-order valence-electron chi connectivity index (χ1n) is 11.4. The number of ether oxygens (including phenoxy) is 2. The van der Waals surface area contributed by atoms with E-state index in [1.54, 1.807) is 26.5 Å². The van der Waals surface area contributed by atoms with Crippen LogP contribution in [0.3, 0.4) is 0 Å². The number of nitrogens with zero attached hydrogens (tertiary/aromatic N) is 2. The molecule has 0 spiro atoms. The summed E-state index contributed by atoms with van der Waals surface area (Å²) in [4.78, 5) is 20.3. The number of aromatic nitrogens is 1. The minimum absolute atomic E-state index is 0.143. The van der Waals surface area contributed by atoms with Crippen molar-refractivity contribution in [2.75, 3.05) is 27.3 Å². The van der Waals surface area contributed by atoms with E-state index in [1.807, 2.05) is 48.5 Å². The van der Waals surface area contributed by atoms with E-state index in [-0.39, 0.29) is 17.9 Å². The number of hydrogen-bond donors (Lipinski definition) is 1. The predicted octanol–water partition coefficient (Wildman–Crippen LogP) is 4.48. The van der Waals surface area contributed by atoms with Crippen LogP contribution in [-0.2, 0) is 6.54 Å². The summed E-state index contributed by atoms with van der Waals surface area (Å²) in [6, 6.07) is 21.2. The minimum Gasteiger partial charge on any atom is -0.497 e. The molecule has 2 atom stereocenters. The summed E-state index contributed by atoms with van der Waals surface area (Å²) in [7, 11) is 3.27. The van der Waals surface area contributed by atoms with Crippen molar-refractivity contribution in [3.05, 3.63) is 89.7 Å². The van der Waals surface area contributed by atoms with Crippen molar-refractivity contribution in [2.45, 2.75) is 25.4 Å². The maximum Gasteiger partial charge on any atom is 0.255 e. The average Bonchev–Trinajstić information content (AvgIpc) is 2.88. The molecule has 6 nitrogen and oxygen atoms in total. The standard InChI is InChI=1S/C27H31N3O3/c1-32-22-14-12-20(13-15-22)18-30-17-7-8-21(19-30)26(24-10-5-6-16-28-24)29-27(31)23-9-3-4-11-25(23)33-2/h3-6,9-16,21,26H,7-8,17-19H2,1-2H3,(H,29,31)/t21-,26-/m1/s1. The highest BCUT2D eigenvalue weighted by molar-refractivity contribution is 5.97. The van der Waals surface area contributed by atoms with Gasteiger partial charge in [-0.25, -0.2) is 0 Å². The summed E-state index contributed by atoms with van der Waals surface area (Å²) >= 11 is 0. The molecule has 1 aromatic heterocycles. The molecule has 0 radical (unpaired) electrons. The van der Waals surface area contributed by atoms with Crippen LogP contribution in [0.1, 0.15) is 40.5 Å². The van der Waals surface area contributed by atoms with Crippen LogP contribution in [0.2, 0.25) is 0 Å². The van der Waals surface area contributed by atoms with Crippen molar-refractivity contribution in [1.82, 2.24) is 15.2 Å². The molecule has 1 fully saturated rings. The molecular formula is C27H31N3O3. The third kappa shape index (κ3) is 5.71. The van der Waals surface area contributed by atoms with Crippen LogP contribution in [0.5, 0.6) is 11.5 Å². The smallest absolute Gasteiger partial charge is 0.255 e. The third-order valence-electron chi connectivity index (χ3n) is 6.22. The largest absolute Gasteiger partial charge is 0.497 e. The molecule has 2 heterocycles. The average molecular weight is 446 g/mol. The van der Waals surface area contributed by atoms with Gasteiger partial charge in [0.1, 0.15) is 11.5 Å². The molecule has 33 heavy (non-hydrogen) atoms. The second-order valence-electron chi connectivity index (χ2n) is 8.39. The Morgan fingerprint density at radius 3 is 2.58 bits per heavy atom. The lowest BCUT2D eigenvalue weighted by atomic mass is 9.88. The number of methoxy groups -OCH3 is 2. The molecule has 1 N–H and O–H groups in total. The van der Waals surface area contributed by atoms with Gasteiger partial charge in [0.2, 0.25) is 0 Å². The van der Waals surface area contributed by atoms with E-state index in [2.05, 4.69) is 27.3 Å². The predicted molar refractivity (Wildman–Crippen MR) is 128 cm³/mol. The molecule has 1 saturated heterocycles. The molecule has 0 bridgehead atoms. The monoisotopic (exact) mass is 445 g/mol. The fourth-order valence-corrected chi connectivity index (χ4v) is 4.54. The first-order valence-corrected chi connectivity index (χ1v) is 11.4. The Kier molecular flexibility index (Phi) is 7.58. The fraction of sp³-hybridized carbons (Fsp3) is 0.333. The van der Waals surface area contributed by atoms with Gasteiger partial charge in [-0.2, -0.15) is 0 Å². The van der Waals surface area contributed by atoms with Crippen LogP contribution in [0.4, 0.5) is 0 Å². The maximum atomic E-state index is 13.2. The van der Waals surface area contributed by atoms with E-state index < -0.39 is 0 Å². The Labute approximate surface area is 195 Å². The Morgan fingerprint density at radius 2 is 1.85 bits per heavy atom. The molecule has 1 amide bonds.